The third kappa shape index (κ3) is 5.07. The van der Waals surface area contributed by atoms with Gasteiger partial charge >= 0.3 is 5.97 Å². The van der Waals surface area contributed by atoms with Crippen molar-refractivity contribution >= 4 is 23.3 Å². The Bertz CT molecular complexity index is 999. The Balaban J connectivity index is 1.55. The minimum atomic E-state index is -0.575. The van der Waals surface area contributed by atoms with Gasteiger partial charge in [0.15, 0.2) is 0 Å². The van der Waals surface area contributed by atoms with E-state index in [1.165, 1.54) is 24.3 Å². The molecule has 7 heteroatoms. The average Bonchev–Trinajstić information content (AvgIpc) is 2.72. The van der Waals surface area contributed by atoms with E-state index < -0.39 is 17.7 Å². The topological polar surface area (TPSA) is 80.1 Å². The maximum Gasteiger partial charge on any atom is 0.362 e. The minimum absolute atomic E-state index is 0.242. The van der Waals surface area contributed by atoms with Crippen LogP contribution in [-0.4, -0.2) is 11.9 Å². The summed E-state index contributed by atoms with van der Waals surface area (Å²) < 4.78 is 12.9. The molecule has 0 saturated heterocycles. The molecule has 3 aromatic rings. The van der Waals surface area contributed by atoms with Crippen molar-refractivity contribution < 1.29 is 18.8 Å². The smallest absolute Gasteiger partial charge is 0.338 e. The van der Waals surface area contributed by atoms with Gasteiger partial charge in [0.25, 0.3) is 5.91 Å². The summed E-state index contributed by atoms with van der Waals surface area (Å²) in [7, 11) is 0. The van der Waals surface area contributed by atoms with E-state index in [-0.39, 0.29) is 5.56 Å². The molecule has 0 spiro atoms. The summed E-state index contributed by atoms with van der Waals surface area (Å²) in [5.74, 6) is -1.51. The highest BCUT2D eigenvalue weighted by Crippen LogP contribution is 2.18. The average molecular weight is 377 g/mol. The molecule has 0 unspecified atom stereocenters. The molecule has 1 N–H and O–H groups in total. The van der Waals surface area contributed by atoms with Crippen LogP contribution in [0.25, 0.3) is 0 Å². The number of azo groups is 1. The van der Waals surface area contributed by atoms with Crippen molar-refractivity contribution in [3.63, 3.8) is 0 Å². The zero-order chi connectivity index (χ0) is 19.9. The number of amides is 1. The predicted molar refractivity (Wildman–Crippen MR) is 102 cm³/mol. The van der Waals surface area contributed by atoms with E-state index >= 15 is 0 Å². The molecule has 6 nitrogen and oxygen atoms in total. The Morgan fingerprint density at radius 2 is 1.46 bits per heavy atom. The molecule has 3 rings (SSSR count). The third-order valence-electron chi connectivity index (χ3n) is 3.76. The number of carbonyl (C=O) groups excluding carboxylic acids is 2. The Hall–Kier alpha value is -3.87. The van der Waals surface area contributed by atoms with E-state index in [2.05, 4.69) is 15.7 Å². The summed E-state index contributed by atoms with van der Waals surface area (Å²) in [6.45, 7) is 1.93. The number of hydrogen-bond acceptors (Lipinski definition) is 5. The number of hydrogen-bond donors (Lipinski definition) is 1. The van der Waals surface area contributed by atoms with Crippen LogP contribution in [0.1, 0.15) is 26.3 Å². The first kappa shape index (κ1) is 18.9. The maximum atomic E-state index is 12.9. The molecule has 0 atom stereocenters. The second kappa shape index (κ2) is 8.68. The van der Waals surface area contributed by atoms with Crippen LogP contribution in [0, 0.1) is 12.7 Å². The van der Waals surface area contributed by atoms with Crippen LogP contribution in [0.5, 0.6) is 0 Å². The highest BCUT2D eigenvalue weighted by Gasteiger charge is 2.07. The number of anilines is 1. The number of nitrogens with zero attached hydrogens (tertiary/aromatic N) is 2. The van der Waals surface area contributed by atoms with Crippen LogP contribution < -0.4 is 5.48 Å². The lowest BCUT2D eigenvalue weighted by atomic mass is 10.2. The lowest BCUT2D eigenvalue weighted by Crippen LogP contribution is -2.10. The normalized spacial score (nSPS) is 10.6. The summed E-state index contributed by atoms with van der Waals surface area (Å²) in [6.07, 6.45) is 0. The quantitative estimate of drug-likeness (QED) is 0.487. The fraction of sp³-hybridized carbons (Fsp3) is 0.0476. The summed E-state index contributed by atoms with van der Waals surface area (Å²) >= 11 is 0. The van der Waals surface area contributed by atoms with Gasteiger partial charge in [-0.05, 0) is 67.6 Å². The van der Waals surface area contributed by atoms with Gasteiger partial charge in [0, 0.05) is 5.56 Å². The molecule has 0 saturated carbocycles. The molecule has 0 radical (unpaired) electrons. The highest BCUT2D eigenvalue weighted by molar-refractivity contribution is 5.94. The van der Waals surface area contributed by atoms with Gasteiger partial charge in [-0.25, -0.2) is 14.7 Å². The largest absolute Gasteiger partial charge is 0.362 e. The molecule has 140 valence electrons. The molecule has 0 bridgehead atoms. The van der Waals surface area contributed by atoms with E-state index in [1.807, 2.05) is 19.1 Å². The monoisotopic (exact) mass is 377 g/mol. The second-order valence-corrected chi connectivity index (χ2v) is 5.92. The van der Waals surface area contributed by atoms with E-state index in [1.54, 1.807) is 36.4 Å². The third-order valence-corrected chi connectivity index (χ3v) is 3.76. The minimum Gasteiger partial charge on any atom is -0.338 e. The zero-order valence-electron chi connectivity index (χ0n) is 14.9. The van der Waals surface area contributed by atoms with Gasteiger partial charge in [-0.1, -0.05) is 17.7 Å². The van der Waals surface area contributed by atoms with Gasteiger partial charge in [-0.3, -0.25) is 4.79 Å². The van der Waals surface area contributed by atoms with E-state index in [9.17, 15) is 14.0 Å². The number of nitrogens with one attached hydrogen (secondary N) is 1. The second-order valence-electron chi connectivity index (χ2n) is 5.92. The van der Waals surface area contributed by atoms with Gasteiger partial charge < -0.3 is 4.84 Å². The van der Waals surface area contributed by atoms with Crippen LogP contribution in [-0.2, 0) is 4.84 Å². The number of carbonyl (C=O) groups is 2. The molecule has 1 amide bonds. The number of benzene rings is 3. The zero-order valence-corrected chi connectivity index (χ0v) is 14.9. The Morgan fingerprint density at radius 1 is 0.857 bits per heavy atom. The van der Waals surface area contributed by atoms with Gasteiger partial charge in [-0.15, -0.1) is 10.2 Å². The van der Waals surface area contributed by atoms with Crippen molar-refractivity contribution in [3.05, 3.63) is 95.3 Å². The summed E-state index contributed by atoms with van der Waals surface area (Å²) in [5.41, 5.74) is 5.25. The number of halogens is 1. The van der Waals surface area contributed by atoms with Crippen LogP contribution in [0.15, 0.2) is 83.0 Å². The molecule has 0 aliphatic heterocycles. The molecule has 0 aliphatic carbocycles. The van der Waals surface area contributed by atoms with E-state index in [0.29, 0.717) is 16.9 Å². The van der Waals surface area contributed by atoms with Crippen molar-refractivity contribution in [3.8, 4) is 0 Å². The predicted octanol–water partition coefficient (Wildman–Crippen LogP) is 5.24. The lowest BCUT2D eigenvalue weighted by molar-refractivity contribution is 0.0596. The summed E-state index contributed by atoms with van der Waals surface area (Å²) in [6, 6.07) is 18.5. The number of rotatable bonds is 5. The summed E-state index contributed by atoms with van der Waals surface area (Å²) in [5, 5.41) is 7.45. The fourth-order valence-electron chi connectivity index (χ4n) is 2.20. The Labute approximate surface area is 160 Å². The summed E-state index contributed by atoms with van der Waals surface area (Å²) in [4.78, 5) is 28.9. The standard InChI is InChI=1S/C21H16FN3O3/c1-14-2-4-16(5-3-14)21(27)28-25-19-12-10-18(11-13-19)23-24-20(26)15-6-8-17(22)9-7-15/h2-13,25H,1H3. The SMILES string of the molecule is Cc1ccc(C(=O)ONc2ccc(N=NC(=O)c3ccc(F)cc3)cc2)cc1. The van der Waals surface area contributed by atoms with E-state index in [4.69, 9.17) is 4.84 Å². The van der Waals surface area contributed by atoms with Gasteiger partial charge in [-0.2, -0.15) is 0 Å². The van der Waals surface area contributed by atoms with Gasteiger partial charge in [0.05, 0.1) is 16.9 Å². The Kier molecular flexibility index (Phi) is 5.86. The first-order valence-electron chi connectivity index (χ1n) is 8.37. The van der Waals surface area contributed by atoms with E-state index in [0.717, 1.165) is 5.56 Å². The lowest BCUT2D eigenvalue weighted by Gasteiger charge is -2.07. The van der Waals surface area contributed by atoms with Gasteiger partial charge in [0.2, 0.25) is 0 Å². The molecule has 3 aromatic carbocycles. The molecule has 0 heterocycles. The first-order chi connectivity index (χ1) is 13.5. The first-order valence-corrected chi connectivity index (χ1v) is 8.37. The molecular weight excluding hydrogens is 361 g/mol. The van der Waals surface area contributed by atoms with Crippen molar-refractivity contribution in [2.24, 2.45) is 10.2 Å². The fourth-order valence-corrected chi connectivity index (χ4v) is 2.20. The number of aryl methyl sites for hydroxylation is 1. The van der Waals surface area contributed by atoms with Crippen LogP contribution in [0.3, 0.4) is 0 Å². The van der Waals surface area contributed by atoms with Crippen molar-refractivity contribution in [2.75, 3.05) is 5.48 Å². The molecule has 0 fully saturated rings. The van der Waals surface area contributed by atoms with Crippen LogP contribution in [0.4, 0.5) is 15.8 Å². The van der Waals surface area contributed by atoms with Crippen molar-refractivity contribution in [1.29, 1.82) is 0 Å². The molecule has 28 heavy (non-hydrogen) atoms. The Morgan fingerprint density at radius 3 is 2.11 bits per heavy atom. The van der Waals surface area contributed by atoms with Crippen LogP contribution >= 0.6 is 0 Å². The maximum absolute atomic E-state index is 12.9. The van der Waals surface area contributed by atoms with Crippen molar-refractivity contribution in [2.45, 2.75) is 6.92 Å². The molecular formula is C21H16FN3O3. The molecule has 0 aliphatic rings. The van der Waals surface area contributed by atoms with Crippen LogP contribution in [0.2, 0.25) is 0 Å². The highest BCUT2D eigenvalue weighted by atomic mass is 19.1. The van der Waals surface area contributed by atoms with Gasteiger partial charge in [0.1, 0.15) is 5.82 Å². The van der Waals surface area contributed by atoms with Crippen molar-refractivity contribution in [1.82, 2.24) is 0 Å². The molecule has 0 aromatic heterocycles.